The lowest BCUT2D eigenvalue weighted by atomic mass is 10.2. The van der Waals surface area contributed by atoms with Gasteiger partial charge in [0.15, 0.2) is 18.1 Å². The number of carbonyl (C=O) groups excluding carboxylic acids is 2. The van der Waals surface area contributed by atoms with Gasteiger partial charge in [0.1, 0.15) is 4.32 Å². The van der Waals surface area contributed by atoms with Crippen molar-refractivity contribution in [1.29, 1.82) is 0 Å². The molecule has 0 saturated carbocycles. The molecule has 0 radical (unpaired) electrons. The molecule has 1 saturated heterocycles. The van der Waals surface area contributed by atoms with Crippen molar-refractivity contribution in [3.05, 3.63) is 27.1 Å². The molecular formula is C18H21BrN2O4S2. The molecule has 6 nitrogen and oxygen atoms in total. The lowest BCUT2D eigenvalue weighted by Crippen LogP contribution is -2.34. The van der Waals surface area contributed by atoms with Crippen LogP contribution in [0.3, 0.4) is 0 Å². The molecule has 2 amide bonds. The van der Waals surface area contributed by atoms with E-state index in [1.807, 2.05) is 26.8 Å². The summed E-state index contributed by atoms with van der Waals surface area (Å²) >= 11 is 9.69. The van der Waals surface area contributed by atoms with Crippen molar-refractivity contribution in [3.63, 3.8) is 0 Å². The van der Waals surface area contributed by atoms with Gasteiger partial charge in [0.2, 0.25) is 0 Å². The topological polar surface area (TPSA) is 67.9 Å². The predicted octanol–water partition coefficient (Wildman–Crippen LogP) is 3.58. The van der Waals surface area contributed by atoms with Crippen molar-refractivity contribution >= 4 is 62.1 Å². The van der Waals surface area contributed by atoms with Crippen LogP contribution < -0.4 is 14.8 Å². The quantitative estimate of drug-likeness (QED) is 0.460. The Morgan fingerprint density at radius 1 is 1.30 bits per heavy atom. The van der Waals surface area contributed by atoms with Crippen molar-refractivity contribution < 1.29 is 19.1 Å². The summed E-state index contributed by atoms with van der Waals surface area (Å²) in [6.45, 7) is 7.34. The van der Waals surface area contributed by atoms with Crippen LogP contribution in [0.2, 0.25) is 0 Å². The predicted molar refractivity (Wildman–Crippen MR) is 115 cm³/mol. The van der Waals surface area contributed by atoms with E-state index in [9.17, 15) is 9.59 Å². The maximum absolute atomic E-state index is 12.2. The summed E-state index contributed by atoms with van der Waals surface area (Å²) in [6, 6.07) is 3.58. The summed E-state index contributed by atoms with van der Waals surface area (Å²) in [5.74, 6) is 0.646. The molecule has 2 rings (SSSR count). The van der Waals surface area contributed by atoms with Gasteiger partial charge in [-0.15, -0.1) is 0 Å². The van der Waals surface area contributed by atoms with Crippen LogP contribution in [-0.4, -0.2) is 47.3 Å². The van der Waals surface area contributed by atoms with Crippen LogP contribution in [-0.2, 0) is 9.59 Å². The van der Waals surface area contributed by atoms with E-state index in [1.54, 1.807) is 17.0 Å². The fourth-order valence-electron chi connectivity index (χ4n) is 2.45. The zero-order valence-electron chi connectivity index (χ0n) is 15.3. The molecule has 1 aliphatic rings. The average molecular weight is 473 g/mol. The molecule has 1 heterocycles. The lowest BCUT2D eigenvalue weighted by molar-refractivity contribution is -0.133. The van der Waals surface area contributed by atoms with Crippen molar-refractivity contribution in [2.24, 2.45) is 0 Å². The SMILES string of the molecule is CCOc1cc(/C=C2/SC(=S)NC2=O)cc(Br)c1OCC(=O)N(CC)CC. The molecule has 0 aromatic heterocycles. The van der Waals surface area contributed by atoms with Gasteiger partial charge in [-0.1, -0.05) is 24.0 Å². The maximum atomic E-state index is 12.2. The Morgan fingerprint density at radius 3 is 2.56 bits per heavy atom. The highest BCUT2D eigenvalue weighted by Crippen LogP contribution is 2.38. The molecule has 0 unspecified atom stereocenters. The Balaban J connectivity index is 2.25. The van der Waals surface area contributed by atoms with E-state index in [2.05, 4.69) is 21.2 Å². The second-order valence-electron chi connectivity index (χ2n) is 5.47. The summed E-state index contributed by atoms with van der Waals surface area (Å²) in [7, 11) is 0. The van der Waals surface area contributed by atoms with E-state index in [1.165, 1.54) is 11.8 Å². The number of ether oxygens (including phenoxy) is 2. The molecule has 1 N–H and O–H groups in total. The Kier molecular flexibility index (Phi) is 8.12. The van der Waals surface area contributed by atoms with Crippen LogP contribution >= 0.6 is 39.9 Å². The van der Waals surface area contributed by atoms with E-state index in [0.717, 1.165) is 5.56 Å². The van der Waals surface area contributed by atoms with Crippen molar-refractivity contribution in [3.8, 4) is 11.5 Å². The van der Waals surface area contributed by atoms with E-state index in [4.69, 9.17) is 21.7 Å². The summed E-state index contributed by atoms with van der Waals surface area (Å²) in [5.41, 5.74) is 0.759. The third kappa shape index (κ3) is 5.70. The number of rotatable bonds is 8. The minimum absolute atomic E-state index is 0.0761. The van der Waals surface area contributed by atoms with Crippen molar-refractivity contribution in [2.75, 3.05) is 26.3 Å². The molecule has 146 valence electrons. The van der Waals surface area contributed by atoms with E-state index in [0.29, 0.717) is 44.9 Å². The monoisotopic (exact) mass is 472 g/mol. The number of hydrogen-bond acceptors (Lipinski definition) is 6. The number of nitrogens with one attached hydrogen (secondary N) is 1. The highest BCUT2D eigenvalue weighted by molar-refractivity contribution is 9.10. The number of likely N-dealkylation sites (N-methyl/N-ethyl adjacent to an activating group) is 1. The Hall–Kier alpha value is -1.58. The number of amides is 2. The molecule has 1 aromatic rings. The first kappa shape index (κ1) is 21.7. The fourth-order valence-corrected chi connectivity index (χ4v) is 4.07. The average Bonchev–Trinajstić information content (AvgIpc) is 2.92. The normalized spacial score (nSPS) is 15.0. The Bertz CT molecular complexity index is 779. The van der Waals surface area contributed by atoms with Gasteiger partial charge in [-0.3, -0.25) is 9.59 Å². The largest absolute Gasteiger partial charge is 0.490 e. The highest BCUT2D eigenvalue weighted by Gasteiger charge is 2.23. The summed E-state index contributed by atoms with van der Waals surface area (Å²) in [4.78, 5) is 26.3. The van der Waals surface area contributed by atoms with E-state index in [-0.39, 0.29) is 18.4 Å². The first-order valence-corrected chi connectivity index (χ1v) is 10.5. The van der Waals surface area contributed by atoms with Gasteiger partial charge in [0.25, 0.3) is 11.8 Å². The first-order valence-electron chi connectivity index (χ1n) is 8.51. The third-order valence-electron chi connectivity index (χ3n) is 3.73. The standard InChI is InChI=1S/C18H21BrN2O4S2/c1-4-21(5-2)15(22)10-25-16-12(19)7-11(8-13(16)24-6-3)9-14-17(23)20-18(26)27-14/h7-9H,4-6,10H2,1-3H3,(H,20,23,26)/b14-9+. The minimum atomic E-state index is -0.218. The molecule has 27 heavy (non-hydrogen) atoms. The highest BCUT2D eigenvalue weighted by atomic mass is 79.9. The summed E-state index contributed by atoms with van der Waals surface area (Å²) in [6.07, 6.45) is 1.73. The van der Waals surface area contributed by atoms with Gasteiger partial charge in [0, 0.05) is 13.1 Å². The molecule has 0 atom stereocenters. The van der Waals surface area contributed by atoms with E-state index < -0.39 is 0 Å². The first-order chi connectivity index (χ1) is 12.9. The molecule has 9 heteroatoms. The van der Waals surface area contributed by atoms with Gasteiger partial charge in [-0.25, -0.2) is 0 Å². The van der Waals surface area contributed by atoms with Crippen LogP contribution in [0.25, 0.3) is 6.08 Å². The molecule has 1 aliphatic heterocycles. The summed E-state index contributed by atoms with van der Waals surface area (Å²) in [5, 5.41) is 2.58. The fraction of sp³-hybridized carbons (Fsp3) is 0.389. The second kappa shape index (κ2) is 10.1. The molecule has 0 bridgehead atoms. The van der Waals surface area contributed by atoms with Gasteiger partial charge in [-0.2, -0.15) is 0 Å². The number of benzene rings is 1. The number of thiocarbonyl (C=S) groups is 1. The minimum Gasteiger partial charge on any atom is -0.490 e. The van der Waals surface area contributed by atoms with Crippen LogP contribution in [0.4, 0.5) is 0 Å². The van der Waals surface area contributed by atoms with Crippen LogP contribution in [0.15, 0.2) is 21.5 Å². The van der Waals surface area contributed by atoms with Crippen LogP contribution in [0.5, 0.6) is 11.5 Å². The second-order valence-corrected chi connectivity index (χ2v) is 8.04. The number of hydrogen-bond donors (Lipinski definition) is 1. The smallest absolute Gasteiger partial charge is 0.263 e. The van der Waals surface area contributed by atoms with Gasteiger partial charge < -0.3 is 19.7 Å². The molecule has 1 fully saturated rings. The number of nitrogens with zero attached hydrogens (tertiary/aromatic N) is 1. The Labute approximate surface area is 176 Å². The Morgan fingerprint density at radius 2 is 2.00 bits per heavy atom. The van der Waals surface area contributed by atoms with Crippen molar-refractivity contribution in [1.82, 2.24) is 10.2 Å². The van der Waals surface area contributed by atoms with Gasteiger partial charge >= 0.3 is 0 Å². The zero-order valence-corrected chi connectivity index (χ0v) is 18.6. The molecule has 0 spiro atoms. The van der Waals surface area contributed by atoms with Crippen LogP contribution in [0, 0.1) is 0 Å². The lowest BCUT2D eigenvalue weighted by Gasteiger charge is -2.20. The van der Waals surface area contributed by atoms with Gasteiger partial charge in [0.05, 0.1) is 16.0 Å². The van der Waals surface area contributed by atoms with E-state index >= 15 is 0 Å². The molecular weight excluding hydrogens is 452 g/mol. The maximum Gasteiger partial charge on any atom is 0.263 e. The zero-order chi connectivity index (χ0) is 20.0. The number of halogens is 1. The molecule has 1 aromatic carbocycles. The summed E-state index contributed by atoms with van der Waals surface area (Å²) < 4.78 is 12.5. The molecule has 0 aliphatic carbocycles. The van der Waals surface area contributed by atoms with Gasteiger partial charge in [-0.05, 0) is 60.5 Å². The van der Waals surface area contributed by atoms with Crippen LogP contribution in [0.1, 0.15) is 26.3 Å². The van der Waals surface area contributed by atoms with Crippen molar-refractivity contribution in [2.45, 2.75) is 20.8 Å². The third-order valence-corrected chi connectivity index (χ3v) is 5.48. The number of carbonyl (C=O) groups is 2. The number of thioether (sulfide) groups is 1.